The standard InChI is InChI=1S/C18H26N2O3/c1-12-11-15(13(2)20(12)14-7-4-3-5-8-14)17(21)19-10-6-9-16(19)18(22)23/h11,14,16H,3-10H2,1-2H3,(H,22,23)/t16-/m1/s1. The Morgan fingerprint density at radius 2 is 1.78 bits per heavy atom. The molecule has 2 fully saturated rings. The van der Waals surface area contributed by atoms with Crippen molar-refractivity contribution in [2.24, 2.45) is 0 Å². The third-order valence-electron chi connectivity index (χ3n) is 5.45. The zero-order valence-electron chi connectivity index (χ0n) is 14.0. The first kappa shape index (κ1) is 16.1. The van der Waals surface area contributed by atoms with Crippen molar-refractivity contribution in [1.29, 1.82) is 0 Å². The number of aromatic nitrogens is 1. The van der Waals surface area contributed by atoms with Crippen LogP contribution in [-0.2, 0) is 4.79 Å². The van der Waals surface area contributed by atoms with Crippen molar-refractivity contribution in [3.05, 3.63) is 23.0 Å². The fraction of sp³-hybridized carbons (Fsp3) is 0.667. The van der Waals surface area contributed by atoms with E-state index in [1.54, 1.807) is 0 Å². The lowest BCUT2D eigenvalue weighted by Crippen LogP contribution is -2.40. The van der Waals surface area contributed by atoms with Gasteiger partial charge in [-0.2, -0.15) is 0 Å². The van der Waals surface area contributed by atoms with Crippen LogP contribution < -0.4 is 0 Å². The number of hydrogen-bond acceptors (Lipinski definition) is 2. The molecule has 126 valence electrons. The summed E-state index contributed by atoms with van der Waals surface area (Å²) in [5.74, 6) is -1.01. The highest BCUT2D eigenvalue weighted by molar-refractivity contribution is 5.98. The molecule has 23 heavy (non-hydrogen) atoms. The molecule has 1 saturated carbocycles. The Balaban J connectivity index is 1.88. The van der Waals surface area contributed by atoms with Crippen LogP contribution in [0.15, 0.2) is 6.07 Å². The van der Waals surface area contributed by atoms with Crippen molar-refractivity contribution >= 4 is 11.9 Å². The predicted octanol–water partition coefficient (Wildman–Crippen LogP) is 3.30. The molecule has 0 aromatic carbocycles. The van der Waals surface area contributed by atoms with Crippen LogP contribution in [0.25, 0.3) is 0 Å². The van der Waals surface area contributed by atoms with Gasteiger partial charge in [0.15, 0.2) is 0 Å². The van der Waals surface area contributed by atoms with Gasteiger partial charge in [-0.15, -0.1) is 0 Å². The van der Waals surface area contributed by atoms with Crippen molar-refractivity contribution in [3.8, 4) is 0 Å². The molecule has 1 saturated heterocycles. The van der Waals surface area contributed by atoms with Gasteiger partial charge < -0.3 is 14.6 Å². The average Bonchev–Trinajstić information content (AvgIpc) is 3.12. The first-order valence-corrected chi connectivity index (χ1v) is 8.73. The normalized spacial score (nSPS) is 22.5. The number of amides is 1. The molecule has 1 amide bonds. The van der Waals surface area contributed by atoms with E-state index in [0.29, 0.717) is 24.6 Å². The number of aliphatic carboxylic acids is 1. The fourth-order valence-electron chi connectivity index (χ4n) is 4.32. The molecule has 5 heteroatoms. The van der Waals surface area contributed by atoms with Crippen LogP contribution in [0, 0.1) is 13.8 Å². The smallest absolute Gasteiger partial charge is 0.326 e. The Labute approximate surface area is 137 Å². The van der Waals surface area contributed by atoms with Gasteiger partial charge in [-0.25, -0.2) is 4.79 Å². The Bertz CT molecular complexity index is 614. The Hall–Kier alpha value is -1.78. The summed E-state index contributed by atoms with van der Waals surface area (Å²) >= 11 is 0. The highest BCUT2D eigenvalue weighted by Crippen LogP contribution is 2.33. The molecular weight excluding hydrogens is 292 g/mol. The lowest BCUT2D eigenvalue weighted by atomic mass is 9.95. The number of carboxylic acids is 1. The van der Waals surface area contributed by atoms with Crippen molar-refractivity contribution < 1.29 is 14.7 Å². The van der Waals surface area contributed by atoms with E-state index in [9.17, 15) is 14.7 Å². The van der Waals surface area contributed by atoms with E-state index in [2.05, 4.69) is 11.5 Å². The van der Waals surface area contributed by atoms with E-state index in [1.807, 2.05) is 13.0 Å². The van der Waals surface area contributed by atoms with E-state index in [4.69, 9.17) is 0 Å². The van der Waals surface area contributed by atoms with Gasteiger partial charge in [0.05, 0.1) is 5.56 Å². The van der Waals surface area contributed by atoms with Gasteiger partial charge in [0.25, 0.3) is 5.91 Å². The number of hydrogen-bond donors (Lipinski definition) is 1. The molecule has 5 nitrogen and oxygen atoms in total. The Kier molecular flexibility index (Phi) is 4.46. The second kappa shape index (κ2) is 6.38. The SMILES string of the molecule is Cc1cc(C(=O)N2CCC[C@@H]2C(=O)O)c(C)n1C1CCCCC1. The van der Waals surface area contributed by atoms with Gasteiger partial charge in [-0.1, -0.05) is 19.3 Å². The number of rotatable bonds is 3. The van der Waals surface area contributed by atoms with Crippen molar-refractivity contribution in [2.45, 2.75) is 70.9 Å². The summed E-state index contributed by atoms with van der Waals surface area (Å²) in [6.07, 6.45) is 7.47. The number of carbonyl (C=O) groups excluding carboxylic acids is 1. The van der Waals surface area contributed by atoms with Gasteiger partial charge in [-0.05, 0) is 45.6 Å². The van der Waals surface area contributed by atoms with E-state index in [-0.39, 0.29) is 5.91 Å². The summed E-state index contributed by atoms with van der Waals surface area (Å²) in [4.78, 5) is 25.8. The van der Waals surface area contributed by atoms with Crippen LogP contribution in [0.2, 0.25) is 0 Å². The van der Waals surface area contributed by atoms with E-state index >= 15 is 0 Å². The minimum Gasteiger partial charge on any atom is -0.480 e. The van der Waals surface area contributed by atoms with E-state index < -0.39 is 12.0 Å². The maximum Gasteiger partial charge on any atom is 0.326 e. The zero-order valence-corrected chi connectivity index (χ0v) is 14.0. The number of carboxylic acid groups (broad SMARTS) is 1. The number of likely N-dealkylation sites (tertiary alicyclic amines) is 1. The second-order valence-electron chi connectivity index (χ2n) is 6.94. The van der Waals surface area contributed by atoms with Gasteiger partial charge >= 0.3 is 5.97 Å². The van der Waals surface area contributed by atoms with Crippen LogP contribution in [0.3, 0.4) is 0 Å². The van der Waals surface area contributed by atoms with Crippen LogP contribution in [0.5, 0.6) is 0 Å². The van der Waals surface area contributed by atoms with Gasteiger partial charge in [0, 0.05) is 24.0 Å². The summed E-state index contributed by atoms with van der Waals surface area (Å²) in [6, 6.07) is 1.77. The molecule has 0 radical (unpaired) electrons. The van der Waals surface area contributed by atoms with Crippen LogP contribution >= 0.6 is 0 Å². The molecule has 1 aromatic rings. The molecular formula is C18H26N2O3. The maximum absolute atomic E-state index is 12.9. The van der Waals surface area contributed by atoms with Gasteiger partial charge in [0.2, 0.25) is 0 Å². The van der Waals surface area contributed by atoms with Gasteiger partial charge in [0.1, 0.15) is 6.04 Å². The lowest BCUT2D eigenvalue weighted by Gasteiger charge is -2.27. The molecule has 2 aliphatic rings. The third kappa shape index (κ3) is 2.89. The van der Waals surface area contributed by atoms with E-state index in [1.165, 1.54) is 37.0 Å². The van der Waals surface area contributed by atoms with Crippen molar-refractivity contribution in [1.82, 2.24) is 9.47 Å². The molecule has 1 atom stereocenters. The minimum atomic E-state index is -0.892. The summed E-state index contributed by atoms with van der Waals surface area (Å²) < 4.78 is 2.30. The molecule has 2 heterocycles. The first-order valence-electron chi connectivity index (χ1n) is 8.73. The molecule has 0 bridgehead atoms. The van der Waals surface area contributed by atoms with Crippen molar-refractivity contribution in [2.75, 3.05) is 6.54 Å². The summed E-state index contributed by atoms with van der Waals surface area (Å²) in [6.45, 7) is 4.60. The summed E-state index contributed by atoms with van der Waals surface area (Å²) in [5.41, 5.74) is 2.79. The third-order valence-corrected chi connectivity index (χ3v) is 5.45. The van der Waals surface area contributed by atoms with E-state index in [0.717, 1.165) is 17.8 Å². The lowest BCUT2D eigenvalue weighted by molar-refractivity contribution is -0.141. The molecule has 1 aliphatic carbocycles. The maximum atomic E-state index is 12.9. The first-order chi connectivity index (χ1) is 11.0. The van der Waals surface area contributed by atoms with Gasteiger partial charge in [-0.3, -0.25) is 4.79 Å². The molecule has 3 rings (SSSR count). The average molecular weight is 318 g/mol. The van der Waals surface area contributed by atoms with Crippen LogP contribution in [0.4, 0.5) is 0 Å². The van der Waals surface area contributed by atoms with Crippen LogP contribution in [0.1, 0.15) is 72.7 Å². The summed E-state index contributed by atoms with van der Waals surface area (Å²) in [7, 11) is 0. The second-order valence-corrected chi connectivity index (χ2v) is 6.94. The highest BCUT2D eigenvalue weighted by atomic mass is 16.4. The number of nitrogens with zero attached hydrogens (tertiary/aromatic N) is 2. The summed E-state index contributed by atoms with van der Waals surface area (Å²) in [5, 5.41) is 9.31. The largest absolute Gasteiger partial charge is 0.480 e. The molecule has 1 aromatic heterocycles. The molecule has 1 N–H and O–H groups in total. The Morgan fingerprint density at radius 1 is 1.09 bits per heavy atom. The molecule has 1 aliphatic heterocycles. The topological polar surface area (TPSA) is 62.5 Å². The Morgan fingerprint density at radius 3 is 2.43 bits per heavy atom. The zero-order chi connectivity index (χ0) is 16.6. The predicted molar refractivity (Wildman–Crippen MR) is 87.7 cm³/mol. The monoisotopic (exact) mass is 318 g/mol. The minimum absolute atomic E-state index is 0.120. The number of aryl methyl sites for hydroxylation is 1. The van der Waals surface area contributed by atoms with Crippen molar-refractivity contribution in [3.63, 3.8) is 0 Å². The van der Waals surface area contributed by atoms with Crippen LogP contribution in [-0.4, -0.2) is 39.0 Å². The number of carbonyl (C=O) groups is 2. The fourth-order valence-corrected chi connectivity index (χ4v) is 4.32. The quantitative estimate of drug-likeness (QED) is 0.930. The highest BCUT2D eigenvalue weighted by Gasteiger charge is 2.36. The molecule has 0 unspecified atom stereocenters. The molecule has 0 spiro atoms.